The average molecular weight is 405 g/mol. The molecule has 2 nitrogen and oxygen atoms in total. The van der Waals surface area contributed by atoms with Gasteiger partial charge in [0.25, 0.3) is 0 Å². The zero-order chi connectivity index (χ0) is 15.2. The zero-order valence-corrected chi connectivity index (χ0v) is 16.2. The Balaban J connectivity index is 0.000000497. The molecular weight excluding hydrogens is 384 g/mol. The Morgan fingerprint density at radius 3 is 2.71 bits per heavy atom. The number of nitrogens with zero attached hydrogens (tertiary/aromatic N) is 1. The van der Waals surface area contributed by atoms with Gasteiger partial charge in [0.05, 0.1) is 6.04 Å². The van der Waals surface area contributed by atoms with Crippen molar-refractivity contribution in [1.29, 1.82) is 0 Å². The number of para-hydroxylation sites is 1. The minimum atomic E-state index is -0.826. The molecule has 1 aromatic carbocycles. The van der Waals surface area contributed by atoms with E-state index < -0.39 is 20.8 Å². The summed E-state index contributed by atoms with van der Waals surface area (Å²) in [6.45, 7) is 1.93. The second-order valence-corrected chi connectivity index (χ2v) is 9.68. The Morgan fingerprint density at radius 2 is 1.95 bits per heavy atom. The molecule has 1 aromatic rings. The van der Waals surface area contributed by atoms with E-state index in [0.717, 1.165) is 23.0 Å². The molecule has 2 aliphatic rings. The number of phenols is 1. The Morgan fingerprint density at radius 1 is 1.24 bits per heavy atom. The molecule has 3 unspecified atom stereocenters. The molecule has 2 fully saturated rings. The van der Waals surface area contributed by atoms with Crippen LogP contribution in [0, 0.1) is 18.8 Å². The van der Waals surface area contributed by atoms with Gasteiger partial charge in [-0.15, -0.1) is 0 Å². The van der Waals surface area contributed by atoms with Gasteiger partial charge in [-0.05, 0) is 56.1 Å². The molecular formula is C16H21Cl2NOZr. The van der Waals surface area contributed by atoms with Gasteiger partial charge in [0.2, 0.25) is 0 Å². The molecule has 1 N–H and O–H groups in total. The molecule has 3 rings (SSSR count). The van der Waals surface area contributed by atoms with Gasteiger partial charge in [-0.1, -0.05) is 18.6 Å². The van der Waals surface area contributed by atoms with Crippen molar-refractivity contribution in [3.63, 3.8) is 0 Å². The summed E-state index contributed by atoms with van der Waals surface area (Å²) in [6, 6.07) is 6.33. The number of hydrogen-bond donors (Lipinski definition) is 1. The minimum absolute atomic E-state index is 0.376. The van der Waals surface area contributed by atoms with Crippen molar-refractivity contribution in [2.45, 2.75) is 45.1 Å². The summed E-state index contributed by atoms with van der Waals surface area (Å²) in [5.74, 6) is 2.15. The van der Waals surface area contributed by atoms with Gasteiger partial charge >= 0.3 is 37.9 Å². The van der Waals surface area contributed by atoms with Crippen molar-refractivity contribution in [2.75, 3.05) is 0 Å². The van der Waals surface area contributed by atoms with E-state index in [1.807, 2.05) is 31.3 Å². The van der Waals surface area contributed by atoms with Crippen LogP contribution in [0.1, 0.15) is 43.2 Å². The molecule has 5 heteroatoms. The van der Waals surface area contributed by atoms with Crippen LogP contribution in [0.3, 0.4) is 0 Å². The topological polar surface area (TPSA) is 32.6 Å². The number of hydrogen-bond acceptors (Lipinski definition) is 2. The van der Waals surface area contributed by atoms with Gasteiger partial charge in [0.15, 0.2) is 0 Å². The van der Waals surface area contributed by atoms with Crippen molar-refractivity contribution >= 4 is 23.2 Å². The van der Waals surface area contributed by atoms with E-state index in [1.54, 1.807) is 0 Å². The second kappa shape index (κ2) is 8.70. The molecule has 2 saturated carbocycles. The van der Waals surface area contributed by atoms with Gasteiger partial charge in [-0.3, -0.25) is 4.99 Å². The Kier molecular flexibility index (Phi) is 7.25. The van der Waals surface area contributed by atoms with Gasteiger partial charge < -0.3 is 5.11 Å². The van der Waals surface area contributed by atoms with E-state index in [2.05, 4.69) is 0 Å². The summed E-state index contributed by atoms with van der Waals surface area (Å²) in [6.07, 6.45) is 8.60. The fourth-order valence-corrected chi connectivity index (χ4v) is 3.53. The van der Waals surface area contributed by atoms with Crippen LogP contribution in [-0.4, -0.2) is 17.4 Å². The third kappa shape index (κ3) is 4.81. The predicted molar refractivity (Wildman–Crippen MR) is 86.0 cm³/mol. The van der Waals surface area contributed by atoms with E-state index in [9.17, 15) is 5.11 Å². The summed E-state index contributed by atoms with van der Waals surface area (Å²) in [4.78, 5) is 4.75. The van der Waals surface area contributed by atoms with Crippen molar-refractivity contribution in [3.8, 4) is 5.75 Å². The van der Waals surface area contributed by atoms with Crippen LogP contribution < -0.4 is 0 Å². The van der Waals surface area contributed by atoms with Gasteiger partial charge in [-0.2, -0.15) is 0 Å². The van der Waals surface area contributed by atoms with Gasteiger partial charge in [-0.25, -0.2) is 0 Å². The van der Waals surface area contributed by atoms with E-state index in [4.69, 9.17) is 22.0 Å². The SMILES string of the molecule is Cc1cccc(C=NC2CCC3CCC2C3)c1O.[Cl][Zr][Cl]. The predicted octanol–water partition coefficient (Wildman–Crippen LogP) is 5.07. The zero-order valence-electron chi connectivity index (χ0n) is 12.2. The van der Waals surface area contributed by atoms with Crippen LogP contribution in [-0.2, 0) is 20.8 Å². The molecule has 0 heterocycles. The molecule has 21 heavy (non-hydrogen) atoms. The molecule has 2 aliphatic carbocycles. The number of benzene rings is 1. The van der Waals surface area contributed by atoms with Crippen LogP contribution in [0.5, 0.6) is 5.75 Å². The van der Waals surface area contributed by atoms with Crippen molar-refractivity contribution < 1.29 is 26.0 Å². The van der Waals surface area contributed by atoms with Crippen LogP contribution in [0.15, 0.2) is 23.2 Å². The summed E-state index contributed by atoms with van der Waals surface area (Å²) in [5, 5.41) is 9.97. The normalized spacial score (nSPS) is 27.3. The summed E-state index contributed by atoms with van der Waals surface area (Å²) >= 11 is -0.826. The first-order chi connectivity index (χ1) is 10.2. The van der Waals surface area contributed by atoms with Gasteiger partial charge in [0.1, 0.15) is 5.75 Å². The molecule has 0 radical (unpaired) electrons. The third-order valence-corrected chi connectivity index (χ3v) is 4.67. The quantitative estimate of drug-likeness (QED) is 0.684. The first kappa shape index (κ1) is 17.5. The monoisotopic (exact) mass is 403 g/mol. The first-order valence-electron chi connectivity index (χ1n) is 7.43. The van der Waals surface area contributed by atoms with E-state index in [-0.39, 0.29) is 0 Å². The molecule has 0 aromatic heterocycles. The number of aryl methyl sites for hydroxylation is 1. The number of halogens is 2. The third-order valence-electron chi connectivity index (χ3n) is 4.67. The van der Waals surface area contributed by atoms with Crippen LogP contribution in [0.2, 0.25) is 0 Å². The number of fused-ring (bicyclic) bond motifs is 2. The Hall–Kier alpha value is 0.153. The van der Waals surface area contributed by atoms with Crippen LogP contribution >= 0.6 is 17.0 Å². The number of phenolic OH excluding ortho intramolecular Hbond substituents is 1. The standard InChI is InChI=1S/C16H21NO.2ClH.Zr/c1-11-3-2-4-14(16(11)18)10-17-15-8-6-12-5-7-13(15)9-12;;;/h2-4,10,12-13,15,18H,5-9H2,1H3;2*1H;/q;;;+2/p-2. The second-order valence-electron chi connectivity index (χ2n) is 5.95. The Labute approximate surface area is 145 Å². The summed E-state index contributed by atoms with van der Waals surface area (Å²) in [7, 11) is 9.87. The van der Waals surface area contributed by atoms with Crippen molar-refractivity contribution in [3.05, 3.63) is 29.3 Å². The van der Waals surface area contributed by atoms with E-state index in [1.165, 1.54) is 32.1 Å². The van der Waals surface area contributed by atoms with E-state index >= 15 is 0 Å². The number of rotatable bonds is 2. The Bertz CT molecular complexity index is 495. The fraction of sp³-hybridized carbons (Fsp3) is 0.562. The molecule has 2 bridgehead atoms. The molecule has 0 aliphatic heterocycles. The molecule has 3 atom stereocenters. The van der Waals surface area contributed by atoms with Gasteiger partial charge in [0, 0.05) is 11.8 Å². The maximum absolute atomic E-state index is 9.97. The summed E-state index contributed by atoms with van der Waals surface area (Å²) in [5.41, 5.74) is 1.78. The maximum atomic E-state index is 9.97. The van der Waals surface area contributed by atoms with Crippen LogP contribution in [0.4, 0.5) is 0 Å². The molecule has 114 valence electrons. The molecule has 0 amide bonds. The number of aromatic hydroxyl groups is 1. The first-order valence-corrected chi connectivity index (χ1v) is 13.8. The fourth-order valence-electron chi connectivity index (χ4n) is 3.53. The molecule has 0 spiro atoms. The van der Waals surface area contributed by atoms with E-state index in [0.29, 0.717) is 11.8 Å². The average Bonchev–Trinajstić information content (AvgIpc) is 2.85. The van der Waals surface area contributed by atoms with Crippen molar-refractivity contribution in [2.24, 2.45) is 16.8 Å². The number of aliphatic imine (C=N–C) groups is 1. The van der Waals surface area contributed by atoms with Crippen molar-refractivity contribution in [1.82, 2.24) is 0 Å². The summed E-state index contributed by atoms with van der Waals surface area (Å²) < 4.78 is 0. The van der Waals surface area contributed by atoms with Crippen LogP contribution in [0.25, 0.3) is 0 Å². The molecule has 0 saturated heterocycles.